The van der Waals surface area contributed by atoms with Crippen molar-refractivity contribution in [1.29, 1.82) is 0 Å². The van der Waals surface area contributed by atoms with Crippen LogP contribution in [0.25, 0.3) is 0 Å². The molecule has 2 aromatic rings. The van der Waals surface area contributed by atoms with Gasteiger partial charge in [0.05, 0.1) is 12.2 Å². The number of nitrogens with zero attached hydrogens (tertiary/aromatic N) is 4. The maximum atomic E-state index is 13.1. The molecule has 2 aromatic heterocycles. The van der Waals surface area contributed by atoms with Crippen LogP contribution >= 0.6 is 0 Å². The van der Waals surface area contributed by atoms with Crippen molar-refractivity contribution in [1.82, 2.24) is 15.0 Å². The van der Waals surface area contributed by atoms with Gasteiger partial charge in [0.15, 0.2) is 0 Å². The number of hydrogen-bond donors (Lipinski definition) is 0. The van der Waals surface area contributed by atoms with E-state index in [9.17, 15) is 4.39 Å². The van der Waals surface area contributed by atoms with Crippen molar-refractivity contribution >= 4 is 5.82 Å². The molecule has 0 radical (unpaired) electrons. The Morgan fingerprint density at radius 3 is 2.78 bits per heavy atom. The van der Waals surface area contributed by atoms with E-state index in [0.29, 0.717) is 12.4 Å². The van der Waals surface area contributed by atoms with Gasteiger partial charge in [0.1, 0.15) is 12.1 Å². The number of pyridine rings is 1. The van der Waals surface area contributed by atoms with Crippen molar-refractivity contribution in [3.63, 3.8) is 0 Å². The van der Waals surface area contributed by atoms with E-state index >= 15 is 0 Å². The molecule has 0 amide bonds. The van der Waals surface area contributed by atoms with Crippen LogP contribution in [0.5, 0.6) is 0 Å². The second kappa shape index (κ2) is 5.53. The van der Waals surface area contributed by atoms with E-state index in [1.807, 2.05) is 36.9 Å². The van der Waals surface area contributed by atoms with E-state index in [4.69, 9.17) is 0 Å². The normalized spacial score (nSPS) is 10.4. The van der Waals surface area contributed by atoms with Crippen LogP contribution in [-0.2, 0) is 6.54 Å². The molecule has 0 N–H and O–H groups in total. The van der Waals surface area contributed by atoms with Crippen LogP contribution in [0.4, 0.5) is 10.2 Å². The summed E-state index contributed by atoms with van der Waals surface area (Å²) in [7, 11) is 0. The fraction of sp³-hybridized carbons (Fsp3) is 0.308. The van der Waals surface area contributed by atoms with E-state index in [2.05, 4.69) is 15.0 Å². The molecule has 0 unspecified atom stereocenters. The molecule has 0 aromatic carbocycles. The molecule has 0 fully saturated rings. The second-order valence-corrected chi connectivity index (χ2v) is 3.98. The molecule has 0 atom stereocenters. The Bertz CT molecular complexity index is 530. The zero-order valence-electron chi connectivity index (χ0n) is 10.5. The summed E-state index contributed by atoms with van der Waals surface area (Å²) in [6.07, 6.45) is 1.23. The van der Waals surface area contributed by atoms with Crippen LogP contribution in [0.2, 0.25) is 0 Å². The summed E-state index contributed by atoms with van der Waals surface area (Å²) in [5.74, 6) is 0.0592. The number of hydrogen-bond acceptors (Lipinski definition) is 4. The topological polar surface area (TPSA) is 41.9 Å². The molecule has 0 saturated heterocycles. The molecule has 0 bridgehead atoms. The van der Waals surface area contributed by atoms with Crippen molar-refractivity contribution in [2.75, 3.05) is 11.4 Å². The molecule has 0 aliphatic heterocycles. The van der Waals surface area contributed by atoms with E-state index in [1.165, 1.54) is 12.4 Å². The summed E-state index contributed by atoms with van der Waals surface area (Å²) in [6.45, 7) is 5.28. The highest BCUT2D eigenvalue weighted by atomic mass is 19.1. The SMILES string of the molecule is CCN(Cc1cccc(C)n1)c1cc(F)ncn1. The number of aromatic nitrogens is 3. The minimum Gasteiger partial charge on any atom is -0.351 e. The summed E-state index contributed by atoms with van der Waals surface area (Å²) in [5, 5.41) is 0. The van der Waals surface area contributed by atoms with E-state index < -0.39 is 5.95 Å². The van der Waals surface area contributed by atoms with Crippen molar-refractivity contribution in [2.24, 2.45) is 0 Å². The fourth-order valence-electron chi connectivity index (χ4n) is 1.74. The lowest BCUT2D eigenvalue weighted by molar-refractivity contribution is 0.577. The van der Waals surface area contributed by atoms with Crippen LogP contribution in [0, 0.1) is 12.9 Å². The van der Waals surface area contributed by atoms with Crippen molar-refractivity contribution in [3.05, 3.63) is 47.9 Å². The van der Waals surface area contributed by atoms with Crippen LogP contribution in [0.3, 0.4) is 0 Å². The fourth-order valence-corrected chi connectivity index (χ4v) is 1.74. The summed E-state index contributed by atoms with van der Waals surface area (Å²) < 4.78 is 13.1. The lowest BCUT2D eigenvalue weighted by Crippen LogP contribution is -2.24. The standard InChI is InChI=1S/C13H15FN4/c1-3-18(13-7-12(14)15-9-16-13)8-11-6-4-5-10(2)17-11/h4-7,9H,3,8H2,1-2H3. The van der Waals surface area contributed by atoms with E-state index in [-0.39, 0.29) is 0 Å². The third-order valence-electron chi connectivity index (χ3n) is 2.62. The molecule has 5 heteroatoms. The Morgan fingerprint density at radius 2 is 2.11 bits per heavy atom. The number of halogens is 1. The van der Waals surface area contributed by atoms with Gasteiger partial charge < -0.3 is 4.90 Å². The Balaban J connectivity index is 2.19. The van der Waals surface area contributed by atoms with E-state index in [0.717, 1.165) is 17.9 Å². The number of aryl methyl sites for hydroxylation is 1. The third kappa shape index (κ3) is 3.00. The Kier molecular flexibility index (Phi) is 3.82. The summed E-state index contributed by atoms with van der Waals surface area (Å²) in [6, 6.07) is 7.20. The summed E-state index contributed by atoms with van der Waals surface area (Å²) >= 11 is 0. The monoisotopic (exact) mass is 246 g/mol. The average molecular weight is 246 g/mol. The van der Waals surface area contributed by atoms with Gasteiger partial charge in [-0.05, 0) is 26.0 Å². The summed E-state index contributed by atoms with van der Waals surface area (Å²) in [4.78, 5) is 13.9. The molecule has 4 nitrogen and oxygen atoms in total. The minimum atomic E-state index is -0.518. The molecular weight excluding hydrogens is 231 g/mol. The second-order valence-electron chi connectivity index (χ2n) is 3.98. The predicted octanol–water partition coefficient (Wildman–Crippen LogP) is 2.35. The van der Waals surface area contributed by atoms with Crippen LogP contribution < -0.4 is 4.90 Å². The zero-order valence-corrected chi connectivity index (χ0v) is 10.5. The minimum absolute atomic E-state index is 0.518. The maximum absolute atomic E-state index is 13.1. The van der Waals surface area contributed by atoms with Gasteiger partial charge in [0, 0.05) is 18.3 Å². The molecule has 0 aliphatic rings. The quantitative estimate of drug-likeness (QED) is 0.776. The van der Waals surface area contributed by atoms with Gasteiger partial charge >= 0.3 is 0 Å². The third-order valence-corrected chi connectivity index (χ3v) is 2.62. The summed E-state index contributed by atoms with van der Waals surface area (Å²) in [5.41, 5.74) is 1.91. The highest BCUT2D eigenvalue weighted by molar-refractivity contribution is 5.37. The lowest BCUT2D eigenvalue weighted by Gasteiger charge is -2.21. The highest BCUT2D eigenvalue weighted by Crippen LogP contribution is 2.13. The molecular formula is C13H15FN4. The number of anilines is 1. The van der Waals surface area contributed by atoms with Crippen LogP contribution in [0.15, 0.2) is 30.6 Å². The largest absolute Gasteiger partial charge is 0.351 e. The highest BCUT2D eigenvalue weighted by Gasteiger charge is 2.08. The molecule has 0 saturated carbocycles. The van der Waals surface area contributed by atoms with Gasteiger partial charge in [0.25, 0.3) is 0 Å². The van der Waals surface area contributed by atoms with Crippen molar-refractivity contribution < 1.29 is 4.39 Å². The van der Waals surface area contributed by atoms with Crippen LogP contribution in [0.1, 0.15) is 18.3 Å². The van der Waals surface area contributed by atoms with Crippen molar-refractivity contribution in [2.45, 2.75) is 20.4 Å². The smallest absolute Gasteiger partial charge is 0.218 e. The zero-order chi connectivity index (χ0) is 13.0. The first-order valence-electron chi connectivity index (χ1n) is 5.84. The maximum Gasteiger partial charge on any atom is 0.218 e. The molecule has 0 spiro atoms. The molecule has 2 heterocycles. The van der Waals surface area contributed by atoms with Gasteiger partial charge in [0.2, 0.25) is 5.95 Å². The molecule has 0 aliphatic carbocycles. The molecule has 94 valence electrons. The van der Waals surface area contributed by atoms with Crippen LogP contribution in [-0.4, -0.2) is 21.5 Å². The van der Waals surface area contributed by atoms with Gasteiger partial charge in [-0.2, -0.15) is 4.39 Å². The first-order chi connectivity index (χ1) is 8.69. The first-order valence-corrected chi connectivity index (χ1v) is 5.84. The van der Waals surface area contributed by atoms with Gasteiger partial charge in [-0.3, -0.25) is 4.98 Å². The van der Waals surface area contributed by atoms with Gasteiger partial charge in [-0.1, -0.05) is 6.07 Å². The average Bonchev–Trinajstić information content (AvgIpc) is 2.36. The van der Waals surface area contributed by atoms with Gasteiger partial charge in [-0.15, -0.1) is 0 Å². The Hall–Kier alpha value is -2.04. The molecule has 18 heavy (non-hydrogen) atoms. The van der Waals surface area contributed by atoms with Crippen molar-refractivity contribution in [3.8, 4) is 0 Å². The predicted molar refractivity (Wildman–Crippen MR) is 67.7 cm³/mol. The molecule has 2 rings (SSSR count). The van der Waals surface area contributed by atoms with E-state index in [1.54, 1.807) is 0 Å². The number of rotatable bonds is 4. The Labute approximate surface area is 106 Å². The lowest BCUT2D eigenvalue weighted by atomic mass is 10.3. The van der Waals surface area contributed by atoms with Gasteiger partial charge in [-0.25, -0.2) is 9.97 Å². The Morgan fingerprint density at radius 1 is 1.28 bits per heavy atom. The first kappa shape index (κ1) is 12.4.